The Morgan fingerprint density at radius 2 is 2.24 bits per heavy atom. The fourth-order valence-electron chi connectivity index (χ4n) is 1.61. The highest BCUT2D eigenvalue weighted by molar-refractivity contribution is 5.40. The van der Waals surface area contributed by atoms with Gasteiger partial charge in [0.1, 0.15) is 0 Å². The van der Waals surface area contributed by atoms with Crippen LogP contribution >= 0.6 is 0 Å². The van der Waals surface area contributed by atoms with Crippen molar-refractivity contribution in [2.45, 2.75) is 12.1 Å². The maximum Gasteiger partial charge on any atom is 0.295 e. The first kappa shape index (κ1) is 11.3. The average Bonchev–Trinajstić information content (AvgIpc) is 2.83. The van der Waals surface area contributed by atoms with Gasteiger partial charge in [-0.15, -0.1) is 0 Å². The summed E-state index contributed by atoms with van der Waals surface area (Å²) >= 11 is 0. The number of aromatic amines is 1. The normalized spacial score (nSPS) is 13.9. The minimum absolute atomic E-state index is 0.340. The minimum Gasteiger partial charge on any atom is -0.442 e. The van der Waals surface area contributed by atoms with E-state index in [1.807, 2.05) is 0 Å². The molecule has 0 fully saturated rings. The van der Waals surface area contributed by atoms with Crippen LogP contribution in [0.1, 0.15) is 11.1 Å². The Bertz CT molecular complexity index is 471. The first-order chi connectivity index (χ1) is 8.24. The number of aromatic nitrogens is 3. The predicted molar refractivity (Wildman–Crippen MR) is 59.5 cm³/mol. The molecule has 1 atom stereocenters. The Balaban J connectivity index is 2.29. The number of nitrogens with one attached hydrogen (secondary N) is 1. The number of carbonyl (C=O) groups excluding carboxylic acids is 1. The molecule has 2 aromatic rings. The summed E-state index contributed by atoms with van der Waals surface area (Å²) in [5.74, 6) is 0. The van der Waals surface area contributed by atoms with E-state index in [0.717, 1.165) is 5.56 Å². The monoisotopic (exact) mass is 232 g/mol. The van der Waals surface area contributed by atoms with E-state index in [-0.39, 0.29) is 0 Å². The van der Waals surface area contributed by atoms with Crippen LogP contribution in [0, 0.1) is 0 Å². The molecule has 17 heavy (non-hydrogen) atoms. The van der Waals surface area contributed by atoms with Crippen molar-refractivity contribution in [2.75, 3.05) is 0 Å². The van der Waals surface area contributed by atoms with Crippen molar-refractivity contribution in [3.63, 3.8) is 0 Å². The van der Waals surface area contributed by atoms with Crippen molar-refractivity contribution < 1.29 is 9.53 Å². The van der Waals surface area contributed by atoms with Crippen LogP contribution < -0.4 is 5.73 Å². The fraction of sp³-hybridized carbons (Fsp3) is 0.182. The molecule has 3 N–H and O–H groups in total. The number of rotatable bonds is 5. The second kappa shape index (κ2) is 4.75. The van der Waals surface area contributed by atoms with Crippen molar-refractivity contribution >= 4 is 6.47 Å². The van der Waals surface area contributed by atoms with Gasteiger partial charge in [0.25, 0.3) is 6.47 Å². The molecule has 1 unspecified atom stereocenters. The molecular formula is C11H12N4O2. The molecule has 0 bridgehead atoms. The van der Waals surface area contributed by atoms with Gasteiger partial charge in [-0.05, 0) is 17.7 Å². The Morgan fingerprint density at radius 3 is 2.82 bits per heavy atom. The summed E-state index contributed by atoms with van der Waals surface area (Å²) in [5.41, 5.74) is 6.43. The van der Waals surface area contributed by atoms with Crippen LogP contribution in [0.4, 0.5) is 0 Å². The summed E-state index contributed by atoms with van der Waals surface area (Å²) in [4.78, 5) is 14.5. The second-order valence-corrected chi connectivity index (χ2v) is 3.62. The molecule has 6 heteroatoms. The molecule has 0 saturated carbocycles. The minimum atomic E-state index is -1.20. The predicted octanol–water partition coefficient (Wildman–Crippen LogP) is 0.332. The van der Waals surface area contributed by atoms with E-state index in [4.69, 9.17) is 10.5 Å². The lowest BCUT2D eigenvalue weighted by Gasteiger charge is -2.27. The summed E-state index contributed by atoms with van der Waals surface area (Å²) < 4.78 is 5.02. The van der Waals surface area contributed by atoms with E-state index in [1.165, 1.54) is 0 Å². The van der Waals surface area contributed by atoms with Crippen molar-refractivity contribution in [3.05, 3.63) is 48.0 Å². The Labute approximate surface area is 97.8 Å². The molecule has 88 valence electrons. The third-order valence-corrected chi connectivity index (χ3v) is 2.45. The van der Waals surface area contributed by atoms with E-state index >= 15 is 0 Å². The third-order valence-electron chi connectivity index (χ3n) is 2.45. The topological polar surface area (TPSA) is 93.9 Å². The largest absolute Gasteiger partial charge is 0.442 e. The van der Waals surface area contributed by atoms with Crippen LogP contribution in [-0.4, -0.2) is 21.7 Å². The first-order valence-electron chi connectivity index (χ1n) is 5.03. The zero-order chi connectivity index (χ0) is 12.1. The number of carbonyl (C=O) groups is 1. The van der Waals surface area contributed by atoms with Crippen molar-refractivity contribution in [3.8, 4) is 0 Å². The van der Waals surface area contributed by atoms with E-state index in [9.17, 15) is 4.79 Å². The number of nitrogens with zero attached hydrogens (tertiary/aromatic N) is 2. The van der Waals surface area contributed by atoms with Gasteiger partial charge < -0.3 is 4.74 Å². The number of ether oxygens (including phenoxy) is 1. The highest BCUT2D eigenvalue weighted by Gasteiger charge is 2.29. The van der Waals surface area contributed by atoms with Gasteiger partial charge in [0.05, 0.1) is 6.20 Å². The van der Waals surface area contributed by atoms with Gasteiger partial charge in [-0.2, -0.15) is 5.10 Å². The number of nitrogens with two attached hydrogens (primary N) is 1. The van der Waals surface area contributed by atoms with Crippen molar-refractivity contribution in [2.24, 2.45) is 5.73 Å². The van der Waals surface area contributed by atoms with Gasteiger partial charge in [-0.25, -0.2) is 0 Å². The molecule has 6 nitrogen and oxygen atoms in total. The Kier molecular flexibility index (Phi) is 3.15. The molecule has 2 aromatic heterocycles. The zero-order valence-corrected chi connectivity index (χ0v) is 9.04. The van der Waals surface area contributed by atoms with Crippen molar-refractivity contribution in [1.82, 2.24) is 15.2 Å². The van der Waals surface area contributed by atoms with Gasteiger partial charge in [0.2, 0.25) is 0 Å². The van der Waals surface area contributed by atoms with Crippen LogP contribution in [-0.2, 0) is 21.7 Å². The molecule has 2 heterocycles. The van der Waals surface area contributed by atoms with Gasteiger partial charge in [-0.3, -0.25) is 20.6 Å². The lowest BCUT2D eigenvalue weighted by Crippen LogP contribution is -2.41. The molecule has 0 aliphatic rings. The van der Waals surface area contributed by atoms with Gasteiger partial charge in [-0.1, -0.05) is 0 Å². The molecular weight excluding hydrogens is 220 g/mol. The highest BCUT2D eigenvalue weighted by Crippen LogP contribution is 2.23. The van der Waals surface area contributed by atoms with Gasteiger partial charge in [0, 0.05) is 30.6 Å². The molecule has 0 saturated heterocycles. The van der Waals surface area contributed by atoms with Crippen LogP contribution in [0.2, 0.25) is 0 Å². The second-order valence-electron chi connectivity index (χ2n) is 3.62. The standard InChI is InChI=1S/C11H12N4O2/c12-11(17-8-16,5-9-6-14-15-7-9)10-1-3-13-4-2-10/h1-4,6-8H,5,12H2,(H,14,15). The molecule has 0 aliphatic heterocycles. The quantitative estimate of drug-likeness (QED) is 0.572. The number of hydrogen-bond donors (Lipinski definition) is 2. The lowest BCUT2D eigenvalue weighted by atomic mass is 9.98. The van der Waals surface area contributed by atoms with E-state index < -0.39 is 5.72 Å². The van der Waals surface area contributed by atoms with Crippen LogP contribution in [0.5, 0.6) is 0 Å². The number of hydrogen-bond acceptors (Lipinski definition) is 5. The maximum absolute atomic E-state index is 10.6. The SMILES string of the molecule is NC(Cc1cn[nH]c1)(OC=O)c1ccncc1. The van der Waals surface area contributed by atoms with E-state index in [1.54, 1.807) is 36.9 Å². The van der Waals surface area contributed by atoms with Crippen LogP contribution in [0.3, 0.4) is 0 Å². The summed E-state index contributed by atoms with van der Waals surface area (Å²) in [6, 6.07) is 3.42. The smallest absolute Gasteiger partial charge is 0.295 e. The summed E-state index contributed by atoms with van der Waals surface area (Å²) in [6.45, 7) is 0.348. The van der Waals surface area contributed by atoms with E-state index in [2.05, 4.69) is 15.2 Å². The number of H-pyrrole nitrogens is 1. The Morgan fingerprint density at radius 1 is 1.47 bits per heavy atom. The van der Waals surface area contributed by atoms with Gasteiger partial charge in [0.15, 0.2) is 5.72 Å². The molecule has 2 rings (SSSR count). The summed E-state index contributed by atoms with van der Waals surface area (Å²) in [6.07, 6.45) is 6.88. The molecule has 0 radical (unpaired) electrons. The zero-order valence-electron chi connectivity index (χ0n) is 9.04. The Hall–Kier alpha value is -2.21. The van der Waals surface area contributed by atoms with Crippen LogP contribution in [0.15, 0.2) is 36.9 Å². The average molecular weight is 232 g/mol. The molecule has 0 spiro atoms. The molecule has 0 aliphatic carbocycles. The lowest BCUT2D eigenvalue weighted by molar-refractivity contribution is -0.144. The van der Waals surface area contributed by atoms with Crippen molar-refractivity contribution in [1.29, 1.82) is 0 Å². The fourth-order valence-corrected chi connectivity index (χ4v) is 1.61. The molecule has 0 amide bonds. The highest BCUT2D eigenvalue weighted by atomic mass is 16.5. The maximum atomic E-state index is 10.6. The number of pyridine rings is 1. The summed E-state index contributed by atoms with van der Waals surface area (Å²) in [5, 5.41) is 6.51. The van der Waals surface area contributed by atoms with Crippen LogP contribution in [0.25, 0.3) is 0 Å². The first-order valence-corrected chi connectivity index (χ1v) is 5.03. The summed E-state index contributed by atoms with van der Waals surface area (Å²) in [7, 11) is 0. The third kappa shape index (κ3) is 2.48. The van der Waals surface area contributed by atoms with E-state index in [0.29, 0.717) is 18.5 Å². The molecule has 0 aromatic carbocycles. The van der Waals surface area contributed by atoms with Gasteiger partial charge >= 0.3 is 0 Å².